The molecule has 0 aromatic rings. The lowest BCUT2D eigenvalue weighted by Gasteiger charge is -2.15. The monoisotopic (exact) mass is 197 g/mol. The highest BCUT2D eigenvalue weighted by atomic mass is 16.5. The Labute approximate surface area is 81.1 Å². The van der Waals surface area contributed by atoms with Gasteiger partial charge in [0.25, 0.3) is 5.91 Å². The van der Waals surface area contributed by atoms with E-state index in [4.69, 9.17) is 0 Å². The third-order valence-electron chi connectivity index (χ3n) is 1.81. The molecule has 0 spiro atoms. The highest BCUT2D eigenvalue weighted by Crippen LogP contribution is 2.14. The zero-order chi connectivity index (χ0) is 10.7. The van der Waals surface area contributed by atoms with Crippen LogP contribution >= 0.6 is 0 Å². The van der Waals surface area contributed by atoms with Gasteiger partial charge in [0.1, 0.15) is 5.57 Å². The number of carbonyl (C=O) groups is 3. The standard InChI is InChI=1S/C9H11NO4/c1-3-14-9(13)7-5(2)4-6(11)10-8(7)12/h3-4H2,1-2H3,(H,10,11,12). The molecule has 5 heteroatoms. The van der Waals surface area contributed by atoms with Crippen LogP contribution in [0.15, 0.2) is 11.1 Å². The van der Waals surface area contributed by atoms with Gasteiger partial charge in [0.15, 0.2) is 0 Å². The fraction of sp³-hybridized carbons (Fsp3) is 0.444. The zero-order valence-electron chi connectivity index (χ0n) is 8.05. The lowest BCUT2D eigenvalue weighted by atomic mass is 10.0. The molecule has 5 nitrogen and oxygen atoms in total. The second-order valence-electron chi connectivity index (χ2n) is 2.93. The first kappa shape index (κ1) is 10.4. The summed E-state index contributed by atoms with van der Waals surface area (Å²) in [5, 5.41) is 2.06. The van der Waals surface area contributed by atoms with Crippen molar-refractivity contribution >= 4 is 17.8 Å². The topological polar surface area (TPSA) is 72.5 Å². The minimum atomic E-state index is -0.671. The molecule has 2 amide bonds. The number of esters is 1. The van der Waals surface area contributed by atoms with E-state index >= 15 is 0 Å². The zero-order valence-corrected chi connectivity index (χ0v) is 8.05. The van der Waals surface area contributed by atoms with Crippen molar-refractivity contribution in [1.82, 2.24) is 5.32 Å². The molecular formula is C9H11NO4. The van der Waals surface area contributed by atoms with Crippen molar-refractivity contribution < 1.29 is 19.1 Å². The van der Waals surface area contributed by atoms with Crippen molar-refractivity contribution in [2.45, 2.75) is 20.3 Å². The number of rotatable bonds is 2. The van der Waals surface area contributed by atoms with Gasteiger partial charge in [-0.3, -0.25) is 14.9 Å². The normalized spacial score (nSPS) is 16.7. The first-order chi connectivity index (χ1) is 6.56. The molecule has 0 atom stereocenters. The highest BCUT2D eigenvalue weighted by Gasteiger charge is 2.28. The molecule has 1 rings (SSSR count). The molecule has 1 aliphatic heterocycles. The number of carbonyl (C=O) groups excluding carboxylic acids is 3. The van der Waals surface area contributed by atoms with Gasteiger partial charge < -0.3 is 4.74 Å². The van der Waals surface area contributed by atoms with Gasteiger partial charge in [-0.2, -0.15) is 0 Å². The van der Waals surface area contributed by atoms with E-state index < -0.39 is 11.9 Å². The molecule has 0 bridgehead atoms. The van der Waals surface area contributed by atoms with Gasteiger partial charge in [0, 0.05) is 6.42 Å². The maximum absolute atomic E-state index is 11.3. The van der Waals surface area contributed by atoms with Gasteiger partial charge in [-0.25, -0.2) is 4.79 Å². The molecule has 0 radical (unpaired) electrons. The molecule has 0 aliphatic carbocycles. The van der Waals surface area contributed by atoms with E-state index in [1.54, 1.807) is 13.8 Å². The lowest BCUT2D eigenvalue weighted by Crippen LogP contribution is -2.39. The SMILES string of the molecule is CCOC(=O)C1=C(C)CC(=O)NC1=O. The predicted octanol–water partition coefficient (Wildman–Crippen LogP) is -0.0875. The summed E-state index contributed by atoms with van der Waals surface area (Å²) in [5.74, 6) is -1.73. The van der Waals surface area contributed by atoms with Gasteiger partial charge in [-0.15, -0.1) is 0 Å². The van der Waals surface area contributed by atoms with E-state index in [9.17, 15) is 14.4 Å². The maximum Gasteiger partial charge on any atom is 0.343 e. The summed E-state index contributed by atoms with van der Waals surface area (Å²) in [7, 11) is 0. The maximum atomic E-state index is 11.3. The smallest absolute Gasteiger partial charge is 0.343 e. The minimum Gasteiger partial charge on any atom is -0.462 e. The number of hydrogen-bond donors (Lipinski definition) is 1. The molecule has 0 unspecified atom stereocenters. The Morgan fingerprint density at radius 2 is 2.14 bits per heavy atom. The molecule has 14 heavy (non-hydrogen) atoms. The summed E-state index contributed by atoms with van der Waals surface area (Å²) in [6.45, 7) is 3.43. The predicted molar refractivity (Wildman–Crippen MR) is 47.1 cm³/mol. The molecule has 0 saturated carbocycles. The summed E-state index contributed by atoms with van der Waals surface area (Å²) >= 11 is 0. The molecule has 76 valence electrons. The van der Waals surface area contributed by atoms with E-state index in [0.717, 1.165) is 0 Å². The number of amides is 2. The average molecular weight is 197 g/mol. The van der Waals surface area contributed by atoms with Crippen LogP contribution in [0.25, 0.3) is 0 Å². The van der Waals surface area contributed by atoms with Crippen molar-refractivity contribution in [2.24, 2.45) is 0 Å². The largest absolute Gasteiger partial charge is 0.462 e. The summed E-state index contributed by atoms with van der Waals surface area (Å²) in [6, 6.07) is 0. The molecule has 0 aromatic heterocycles. The lowest BCUT2D eigenvalue weighted by molar-refractivity contribution is -0.141. The van der Waals surface area contributed by atoms with Crippen LogP contribution in [0, 0.1) is 0 Å². The first-order valence-corrected chi connectivity index (χ1v) is 4.27. The Balaban J connectivity index is 2.94. The van der Waals surface area contributed by atoms with Crippen LogP contribution in [-0.4, -0.2) is 24.4 Å². The third kappa shape index (κ3) is 1.99. The van der Waals surface area contributed by atoms with Crippen LogP contribution < -0.4 is 5.32 Å². The van der Waals surface area contributed by atoms with Gasteiger partial charge in [-0.05, 0) is 19.4 Å². The number of ether oxygens (including phenoxy) is 1. The summed E-state index contributed by atoms with van der Waals surface area (Å²) in [6.07, 6.45) is 0.0693. The summed E-state index contributed by atoms with van der Waals surface area (Å²) < 4.78 is 4.69. The number of nitrogens with one attached hydrogen (secondary N) is 1. The van der Waals surface area contributed by atoms with E-state index in [-0.39, 0.29) is 24.5 Å². The van der Waals surface area contributed by atoms with Crippen molar-refractivity contribution in [3.8, 4) is 0 Å². The van der Waals surface area contributed by atoms with Gasteiger partial charge >= 0.3 is 5.97 Å². The Hall–Kier alpha value is -1.65. The molecule has 1 aliphatic rings. The van der Waals surface area contributed by atoms with Crippen LogP contribution in [0.3, 0.4) is 0 Å². The van der Waals surface area contributed by atoms with E-state index in [1.165, 1.54) is 0 Å². The van der Waals surface area contributed by atoms with Crippen LogP contribution in [0.4, 0.5) is 0 Å². The van der Waals surface area contributed by atoms with E-state index in [0.29, 0.717) is 5.57 Å². The number of imide groups is 1. The fourth-order valence-corrected chi connectivity index (χ4v) is 1.23. The van der Waals surface area contributed by atoms with Gasteiger partial charge in [0.05, 0.1) is 6.61 Å². The average Bonchev–Trinajstić information content (AvgIpc) is 2.01. The quantitative estimate of drug-likeness (QED) is 0.381. The van der Waals surface area contributed by atoms with Crippen molar-refractivity contribution in [3.05, 3.63) is 11.1 Å². The Morgan fingerprint density at radius 3 is 2.64 bits per heavy atom. The van der Waals surface area contributed by atoms with Gasteiger partial charge in [0.2, 0.25) is 5.91 Å². The van der Waals surface area contributed by atoms with Gasteiger partial charge in [-0.1, -0.05) is 0 Å². The second kappa shape index (κ2) is 4.04. The summed E-state index contributed by atoms with van der Waals surface area (Å²) in [4.78, 5) is 33.4. The Bertz CT molecular complexity index is 330. The molecule has 0 saturated heterocycles. The minimum absolute atomic E-state index is 0.0496. The van der Waals surface area contributed by atoms with E-state index in [1.807, 2.05) is 0 Å². The summed E-state index contributed by atoms with van der Waals surface area (Å²) in [5.41, 5.74) is 0.406. The highest BCUT2D eigenvalue weighted by molar-refractivity contribution is 6.22. The molecule has 1 heterocycles. The fourth-order valence-electron chi connectivity index (χ4n) is 1.23. The Kier molecular flexibility index (Phi) is 3.01. The van der Waals surface area contributed by atoms with Crippen LogP contribution in [0.2, 0.25) is 0 Å². The molecule has 1 N–H and O–H groups in total. The second-order valence-corrected chi connectivity index (χ2v) is 2.93. The number of hydrogen-bond acceptors (Lipinski definition) is 4. The van der Waals surface area contributed by atoms with Crippen molar-refractivity contribution in [1.29, 1.82) is 0 Å². The molecule has 0 fully saturated rings. The molecular weight excluding hydrogens is 186 g/mol. The third-order valence-corrected chi connectivity index (χ3v) is 1.81. The Morgan fingerprint density at radius 1 is 1.50 bits per heavy atom. The van der Waals surface area contributed by atoms with Crippen molar-refractivity contribution in [2.75, 3.05) is 6.61 Å². The van der Waals surface area contributed by atoms with Crippen molar-refractivity contribution in [3.63, 3.8) is 0 Å². The molecule has 0 aromatic carbocycles. The van der Waals surface area contributed by atoms with Crippen LogP contribution in [-0.2, 0) is 19.1 Å². The van der Waals surface area contributed by atoms with Crippen LogP contribution in [0.1, 0.15) is 20.3 Å². The van der Waals surface area contributed by atoms with E-state index in [2.05, 4.69) is 10.1 Å². The van der Waals surface area contributed by atoms with Crippen LogP contribution in [0.5, 0.6) is 0 Å². The first-order valence-electron chi connectivity index (χ1n) is 4.27.